The molecule has 0 saturated heterocycles. The summed E-state index contributed by atoms with van der Waals surface area (Å²) < 4.78 is 20.0. The van der Waals surface area contributed by atoms with Gasteiger partial charge in [-0.1, -0.05) is 0 Å². The van der Waals surface area contributed by atoms with Gasteiger partial charge in [0.15, 0.2) is 11.6 Å². The molecule has 0 fully saturated rings. The molecule has 1 amide bonds. The molecular formula is C15H12FN3O2. The maximum atomic E-state index is 13.3. The molecule has 3 aromatic rings. The van der Waals surface area contributed by atoms with E-state index in [1.54, 1.807) is 35.1 Å². The molecule has 1 N–H and O–H groups in total. The van der Waals surface area contributed by atoms with E-state index < -0.39 is 5.82 Å². The fraction of sp³-hybridized carbons (Fsp3) is 0.0667. The Morgan fingerprint density at radius 2 is 2.19 bits per heavy atom. The maximum absolute atomic E-state index is 13.3. The summed E-state index contributed by atoms with van der Waals surface area (Å²) in [5.41, 5.74) is 1.70. The van der Waals surface area contributed by atoms with Crippen molar-refractivity contribution in [1.29, 1.82) is 0 Å². The summed E-state index contributed by atoms with van der Waals surface area (Å²) >= 11 is 0. The lowest BCUT2D eigenvalue weighted by Crippen LogP contribution is -2.12. The summed E-state index contributed by atoms with van der Waals surface area (Å²) in [5, 5.41) is 2.70. The van der Waals surface area contributed by atoms with Gasteiger partial charge in [-0.05, 0) is 24.3 Å². The number of amides is 1. The van der Waals surface area contributed by atoms with Crippen LogP contribution in [0.4, 0.5) is 10.1 Å². The van der Waals surface area contributed by atoms with Crippen molar-refractivity contribution in [3.63, 3.8) is 0 Å². The van der Waals surface area contributed by atoms with Gasteiger partial charge in [0.1, 0.15) is 5.65 Å². The topological polar surface area (TPSA) is 55.6 Å². The van der Waals surface area contributed by atoms with Gasteiger partial charge in [0.05, 0.1) is 12.7 Å². The number of hydrogen-bond donors (Lipinski definition) is 1. The number of ether oxygens (including phenoxy) is 1. The standard InChI is InChI=1S/C15H12FN3O2/c1-21-13-8-11(3-4-12(13)16)18-15(20)10-2-5-14-17-6-7-19(14)9-10/h2-9H,1H3,(H,18,20). The lowest BCUT2D eigenvalue weighted by atomic mass is 10.2. The lowest BCUT2D eigenvalue weighted by molar-refractivity contribution is 0.102. The number of halogens is 1. The Bertz CT molecular complexity index is 814. The Morgan fingerprint density at radius 1 is 1.33 bits per heavy atom. The second-order valence-corrected chi connectivity index (χ2v) is 4.41. The van der Waals surface area contributed by atoms with Crippen molar-refractivity contribution in [2.24, 2.45) is 0 Å². The van der Waals surface area contributed by atoms with Crippen LogP contribution in [0.5, 0.6) is 5.75 Å². The number of nitrogens with zero attached hydrogens (tertiary/aromatic N) is 2. The Morgan fingerprint density at radius 3 is 3.00 bits per heavy atom. The molecular weight excluding hydrogens is 273 g/mol. The van der Waals surface area contributed by atoms with Crippen molar-refractivity contribution in [3.05, 3.63) is 60.3 Å². The molecule has 2 aromatic heterocycles. The van der Waals surface area contributed by atoms with Gasteiger partial charge < -0.3 is 14.5 Å². The normalized spacial score (nSPS) is 10.6. The summed E-state index contributed by atoms with van der Waals surface area (Å²) in [6.45, 7) is 0. The minimum Gasteiger partial charge on any atom is -0.494 e. The molecule has 0 aliphatic rings. The Labute approximate surface area is 120 Å². The van der Waals surface area contributed by atoms with Crippen LogP contribution in [-0.2, 0) is 0 Å². The van der Waals surface area contributed by atoms with E-state index in [-0.39, 0.29) is 11.7 Å². The van der Waals surface area contributed by atoms with Crippen LogP contribution in [0.1, 0.15) is 10.4 Å². The summed E-state index contributed by atoms with van der Waals surface area (Å²) in [4.78, 5) is 16.3. The third-order valence-corrected chi connectivity index (χ3v) is 3.06. The van der Waals surface area contributed by atoms with E-state index in [1.807, 2.05) is 0 Å². The third kappa shape index (κ3) is 2.55. The van der Waals surface area contributed by atoms with Crippen molar-refractivity contribution in [2.75, 3.05) is 12.4 Å². The molecule has 0 aliphatic carbocycles. The van der Waals surface area contributed by atoms with E-state index in [1.165, 1.54) is 25.3 Å². The van der Waals surface area contributed by atoms with Crippen LogP contribution >= 0.6 is 0 Å². The molecule has 21 heavy (non-hydrogen) atoms. The first-order valence-corrected chi connectivity index (χ1v) is 6.25. The molecule has 106 valence electrons. The van der Waals surface area contributed by atoms with Crippen molar-refractivity contribution in [1.82, 2.24) is 9.38 Å². The second kappa shape index (κ2) is 5.24. The van der Waals surface area contributed by atoms with E-state index in [0.29, 0.717) is 11.3 Å². The number of carbonyl (C=O) groups excluding carboxylic acids is 1. The SMILES string of the molecule is COc1cc(NC(=O)c2ccc3nccn3c2)ccc1F. The molecule has 1 aromatic carbocycles. The molecule has 0 bridgehead atoms. The van der Waals surface area contributed by atoms with E-state index >= 15 is 0 Å². The number of hydrogen-bond acceptors (Lipinski definition) is 3. The molecule has 0 saturated carbocycles. The van der Waals surface area contributed by atoms with Crippen LogP contribution in [-0.4, -0.2) is 22.4 Å². The quantitative estimate of drug-likeness (QED) is 0.805. The zero-order valence-corrected chi connectivity index (χ0v) is 11.2. The van der Waals surface area contributed by atoms with E-state index in [4.69, 9.17) is 4.74 Å². The van der Waals surface area contributed by atoms with Crippen LogP contribution in [0.3, 0.4) is 0 Å². The van der Waals surface area contributed by atoms with Crippen molar-refractivity contribution in [3.8, 4) is 5.75 Å². The zero-order valence-electron chi connectivity index (χ0n) is 11.2. The van der Waals surface area contributed by atoms with Gasteiger partial charge in [0.2, 0.25) is 0 Å². The highest BCUT2D eigenvalue weighted by molar-refractivity contribution is 6.04. The minimum absolute atomic E-state index is 0.0814. The largest absolute Gasteiger partial charge is 0.494 e. The number of methoxy groups -OCH3 is 1. The predicted octanol–water partition coefficient (Wildman–Crippen LogP) is 2.73. The number of fused-ring (bicyclic) bond motifs is 1. The number of carbonyl (C=O) groups is 1. The van der Waals surface area contributed by atoms with Crippen molar-refractivity contribution >= 4 is 17.2 Å². The number of pyridine rings is 1. The first-order valence-electron chi connectivity index (χ1n) is 6.25. The van der Waals surface area contributed by atoms with E-state index in [9.17, 15) is 9.18 Å². The molecule has 3 rings (SSSR count). The first-order chi connectivity index (χ1) is 10.2. The van der Waals surface area contributed by atoms with Gasteiger partial charge in [-0.25, -0.2) is 9.37 Å². The summed E-state index contributed by atoms with van der Waals surface area (Å²) in [7, 11) is 1.37. The molecule has 0 unspecified atom stereocenters. The number of rotatable bonds is 3. The summed E-state index contributed by atoms with van der Waals surface area (Å²) in [6.07, 6.45) is 5.09. The van der Waals surface area contributed by atoms with Gasteiger partial charge in [-0.15, -0.1) is 0 Å². The molecule has 0 atom stereocenters. The third-order valence-electron chi connectivity index (χ3n) is 3.06. The minimum atomic E-state index is -0.477. The average Bonchev–Trinajstić information content (AvgIpc) is 2.96. The molecule has 0 aliphatic heterocycles. The van der Waals surface area contributed by atoms with Crippen LogP contribution in [0, 0.1) is 5.82 Å². The Kier molecular flexibility index (Phi) is 3.27. The number of anilines is 1. The van der Waals surface area contributed by atoms with Crippen LogP contribution in [0.2, 0.25) is 0 Å². The fourth-order valence-corrected chi connectivity index (χ4v) is 2.00. The van der Waals surface area contributed by atoms with Gasteiger partial charge in [-0.2, -0.15) is 0 Å². The van der Waals surface area contributed by atoms with Crippen LogP contribution in [0.15, 0.2) is 48.9 Å². The number of benzene rings is 1. The maximum Gasteiger partial charge on any atom is 0.257 e. The number of aromatic nitrogens is 2. The Hall–Kier alpha value is -2.89. The first kappa shape index (κ1) is 13.1. The summed E-state index contributed by atoms with van der Waals surface area (Å²) in [5.74, 6) is -0.688. The van der Waals surface area contributed by atoms with Crippen molar-refractivity contribution in [2.45, 2.75) is 0 Å². The highest BCUT2D eigenvalue weighted by Crippen LogP contribution is 2.21. The molecule has 0 radical (unpaired) electrons. The summed E-state index contributed by atoms with van der Waals surface area (Å²) in [6, 6.07) is 7.58. The predicted molar refractivity (Wildman–Crippen MR) is 76.1 cm³/mol. The van der Waals surface area contributed by atoms with Gasteiger partial charge >= 0.3 is 0 Å². The molecule has 0 spiro atoms. The number of nitrogens with one attached hydrogen (secondary N) is 1. The highest BCUT2D eigenvalue weighted by Gasteiger charge is 2.09. The smallest absolute Gasteiger partial charge is 0.257 e. The van der Waals surface area contributed by atoms with Crippen molar-refractivity contribution < 1.29 is 13.9 Å². The molecule has 5 nitrogen and oxygen atoms in total. The lowest BCUT2D eigenvalue weighted by Gasteiger charge is -2.08. The van der Waals surface area contributed by atoms with Gasteiger partial charge in [-0.3, -0.25) is 4.79 Å². The zero-order chi connectivity index (χ0) is 14.8. The highest BCUT2D eigenvalue weighted by atomic mass is 19.1. The monoisotopic (exact) mass is 285 g/mol. The number of imidazole rings is 1. The van der Waals surface area contributed by atoms with E-state index in [0.717, 1.165) is 5.65 Å². The van der Waals surface area contributed by atoms with Gasteiger partial charge in [0.25, 0.3) is 5.91 Å². The van der Waals surface area contributed by atoms with Gasteiger partial charge in [0, 0.05) is 30.3 Å². The van der Waals surface area contributed by atoms with E-state index in [2.05, 4.69) is 10.3 Å². The fourth-order valence-electron chi connectivity index (χ4n) is 2.00. The van der Waals surface area contributed by atoms with Crippen LogP contribution in [0.25, 0.3) is 5.65 Å². The molecule has 6 heteroatoms. The Balaban J connectivity index is 1.85. The molecule has 2 heterocycles. The average molecular weight is 285 g/mol. The second-order valence-electron chi connectivity index (χ2n) is 4.41. The van der Waals surface area contributed by atoms with Crippen LogP contribution < -0.4 is 10.1 Å².